The summed E-state index contributed by atoms with van der Waals surface area (Å²) in [5, 5.41) is 9.74. The summed E-state index contributed by atoms with van der Waals surface area (Å²) in [6.07, 6.45) is -0.205. The van der Waals surface area contributed by atoms with E-state index in [4.69, 9.17) is 25.9 Å². The van der Waals surface area contributed by atoms with E-state index in [1.807, 2.05) is 31.2 Å². The lowest BCUT2D eigenvalue weighted by Crippen LogP contribution is -2.25. The number of ether oxygens (including phenoxy) is 1. The highest BCUT2D eigenvalue weighted by Gasteiger charge is 2.17. The van der Waals surface area contributed by atoms with Crippen LogP contribution in [0.5, 0.6) is 5.75 Å². The van der Waals surface area contributed by atoms with Gasteiger partial charge in [0.1, 0.15) is 5.58 Å². The van der Waals surface area contributed by atoms with E-state index < -0.39 is 11.7 Å². The zero-order valence-electron chi connectivity index (χ0n) is 17.9. The Labute approximate surface area is 194 Å². The Bertz CT molecular complexity index is 1180. The third-order valence-corrected chi connectivity index (χ3v) is 5.65. The van der Waals surface area contributed by atoms with E-state index in [0.717, 1.165) is 16.8 Å². The second kappa shape index (κ2) is 10.7. The predicted octanol–water partition coefficient (Wildman–Crippen LogP) is 3.96. The van der Waals surface area contributed by atoms with Crippen LogP contribution >= 0.6 is 23.7 Å². The molecule has 0 aliphatic rings. The molecule has 0 unspecified atom stereocenters. The van der Waals surface area contributed by atoms with Crippen molar-refractivity contribution in [2.75, 3.05) is 32.0 Å². The first-order valence-corrected chi connectivity index (χ1v) is 11.0. The van der Waals surface area contributed by atoms with Gasteiger partial charge in [0.05, 0.1) is 11.6 Å². The molecule has 170 valence electrons. The predicted molar refractivity (Wildman–Crippen MR) is 127 cm³/mol. The third kappa shape index (κ3) is 5.74. The average molecular weight is 478 g/mol. The summed E-state index contributed by atoms with van der Waals surface area (Å²) >= 11 is 7.59. The highest BCUT2D eigenvalue weighted by atomic mass is 35.5. The van der Waals surface area contributed by atoms with E-state index in [0.29, 0.717) is 29.5 Å². The number of hydrogen-bond donors (Lipinski definition) is 3. The molecule has 1 aromatic heterocycles. The van der Waals surface area contributed by atoms with E-state index in [-0.39, 0.29) is 17.4 Å². The topological polar surface area (TPSA) is 104 Å². The van der Waals surface area contributed by atoms with Crippen LogP contribution in [0.15, 0.2) is 45.6 Å². The van der Waals surface area contributed by atoms with Gasteiger partial charge in [0.25, 0.3) is 0 Å². The Morgan fingerprint density at radius 1 is 1.28 bits per heavy atom. The molecule has 2 aromatic carbocycles. The molecule has 1 heterocycles. The van der Waals surface area contributed by atoms with E-state index in [1.54, 1.807) is 20.2 Å². The van der Waals surface area contributed by atoms with Crippen molar-refractivity contribution in [2.45, 2.75) is 13.3 Å². The van der Waals surface area contributed by atoms with E-state index in [2.05, 4.69) is 9.44 Å². The number of nitrogens with one attached hydrogen (secondary N) is 2. The second-order valence-corrected chi connectivity index (χ2v) is 8.34. The van der Waals surface area contributed by atoms with Crippen molar-refractivity contribution in [3.8, 4) is 5.75 Å². The fourth-order valence-electron chi connectivity index (χ4n) is 3.00. The van der Waals surface area contributed by atoms with Gasteiger partial charge in [0, 0.05) is 61.9 Å². The van der Waals surface area contributed by atoms with Crippen LogP contribution in [0.2, 0.25) is 5.02 Å². The minimum atomic E-state index is -0.583. The highest BCUT2D eigenvalue weighted by molar-refractivity contribution is 7.98. The number of rotatable bonds is 8. The number of nitrogens with zero attached hydrogens (tertiary/aromatic N) is 1. The van der Waals surface area contributed by atoms with Crippen LogP contribution in [0.25, 0.3) is 11.0 Å². The van der Waals surface area contributed by atoms with Gasteiger partial charge >= 0.3 is 11.7 Å². The number of aryl methyl sites for hydroxylation is 1. The molecule has 0 saturated heterocycles. The normalized spacial score (nSPS) is 10.9. The fourth-order valence-corrected chi connectivity index (χ4v) is 3.71. The maximum atomic E-state index is 12.7. The van der Waals surface area contributed by atoms with Crippen molar-refractivity contribution in [2.24, 2.45) is 0 Å². The Hall–Kier alpha value is -2.72. The summed E-state index contributed by atoms with van der Waals surface area (Å²) in [4.78, 5) is 25.9. The maximum absolute atomic E-state index is 12.7. The summed E-state index contributed by atoms with van der Waals surface area (Å²) < 4.78 is 16.9. The molecule has 3 aromatic rings. The molecular formula is C22H24ClN3O5S. The van der Waals surface area contributed by atoms with Crippen LogP contribution < -0.4 is 19.8 Å². The van der Waals surface area contributed by atoms with Gasteiger partial charge in [-0.15, -0.1) is 0 Å². The summed E-state index contributed by atoms with van der Waals surface area (Å²) in [5.41, 5.74) is 2.89. The lowest BCUT2D eigenvalue weighted by molar-refractivity contribution is 0.172. The Balaban J connectivity index is 1.88. The van der Waals surface area contributed by atoms with Gasteiger partial charge in [-0.3, -0.25) is 0 Å². The number of aliphatic hydroxyl groups excluding tert-OH is 1. The van der Waals surface area contributed by atoms with E-state index in [1.165, 1.54) is 23.1 Å². The molecule has 0 radical (unpaired) electrons. The van der Waals surface area contributed by atoms with Gasteiger partial charge in [-0.25, -0.2) is 14.3 Å². The highest BCUT2D eigenvalue weighted by Crippen LogP contribution is 2.32. The van der Waals surface area contributed by atoms with Gasteiger partial charge in [-0.1, -0.05) is 23.7 Å². The van der Waals surface area contributed by atoms with E-state index in [9.17, 15) is 9.59 Å². The van der Waals surface area contributed by atoms with Gasteiger partial charge in [-0.05, 0) is 36.2 Å². The van der Waals surface area contributed by atoms with Crippen molar-refractivity contribution >= 4 is 46.5 Å². The van der Waals surface area contributed by atoms with Gasteiger partial charge in [-0.2, -0.15) is 0 Å². The van der Waals surface area contributed by atoms with Crippen LogP contribution in [0.4, 0.5) is 10.5 Å². The molecule has 3 N–H and O–H groups in total. The smallest absolute Gasteiger partial charge is 0.414 e. The number of anilines is 1. The number of carbonyl (C=O) groups is 1. The molecule has 0 saturated carbocycles. The molecule has 0 aliphatic carbocycles. The van der Waals surface area contributed by atoms with Crippen molar-refractivity contribution in [3.05, 3.63) is 68.5 Å². The number of fused-ring (bicyclic) bond motifs is 1. The average Bonchev–Trinajstić information content (AvgIpc) is 2.76. The molecule has 8 nitrogen and oxygen atoms in total. The Kier molecular flexibility index (Phi) is 8.03. The molecule has 10 heteroatoms. The number of benzene rings is 2. The molecule has 3 rings (SSSR count). The van der Waals surface area contributed by atoms with E-state index >= 15 is 0 Å². The number of aliphatic hydroxyl groups is 1. The summed E-state index contributed by atoms with van der Waals surface area (Å²) in [6.45, 7) is 2.36. The zero-order valence-corrected chi connectivity index (χ0v) is 19.5. The van der Waals surface area contributed by atoms with Crippen molar-refractivity contribution in [1.29, 1.82) is 0 Å². The van der Waals surface area contributed by atoms with Crippen LogP contribution in [-0.2, 0) is 6.42 Å². The van der Waals surface area contributed by atoms with Crippen LogP contribution in [0.3, 0.4) is 0 Å². The Morgan fingerprint density at radius 2 is 2.06 bits per heavy atom. The molecule has 0 atom stereocenters. The summed E-state index contributed by atoms with van der Waals surface area (Å²) in [6, 6.07) is 10.8. The SMILES string of the molecule is Cc1c(Cc2cccc(NSNCCO)c2)c(=O)oc2cc(OC(=O)N(C)C)c(Cl)cc12. The maximum Gasteiger partial charge on any atom is 0.414 e. The summed E-state index contributed by atoms with van der Waals surface area (Å²) in [7, 11) is 3.12. The van der Waals surface area contributed by atoms with Crippen molar-refractivity contribution < 1.29 is 19.1 Å². The fraction of sp³-hybridized carbons (Fsp3) is 0.273. The first-order chi connectivity index (χ1) is 15.3. The van der Waals surface area contributed by atoms with Crippen LogP contribution in [0, 0.1) is 6.92 Å². The number of carbonyl (C=O) groups excluding carboxylic acids is 1. The van der Waals surface area contributed by atoms with Gasteiger partial charge < -0.3 is 23.9 Å². The van der Waals surface area contributed by atoms with Crippen molar-refractivity contribution in [3.63, 3.8) is 0 Å². The number of halogens is 1. The quantitative estimate of drug-likeness (QED) is 0.254. The van der Waals surface area contributed by atoms with Crippen molar-refractivity contribution in [1.82, 2.24) is 9.62 Å². The minimum absolute atomic E-state index is 0.0509. The van der Waals surface area contributed by atoms with Crippen LogP contribution in [0.1, 0.15) is 16.7 Å². The number of hydrogen-bond acceptors (Lipinski definition) is 8. The lowest BCUT2D eigenvalue weighted by Gasteiger charge is -2.14. The molecule has 1 amide bonds. The molecular weight excluding hydrogens is 454 g/mol. The second-order valence-electron chi connectivity index (χ2n) is 7.23. The zero-order chi connectivity index (χ0) is 23.3. The molecule has 32 heavy (non-hydrogen) atoms. The lowest BCUT2D eigenvalue weighted by atomic mass is 9.99. The first kappa shape index (κ1) is 23.9. The number of amides is 1. The van der Waals surface area contributed by atoms with Gasteiger partial charge in [0.2, 0.25) is 0 Å². The third-order valence-electron chi connectivity index (χ3n) is 4.67. The molecule has 0 spiro atoms. The largest absolute Gasteiger partial charge is 0.422 e. The first-order valence-electron chi connectivity index (χ1n) is 9.79. The Morgan fingerprint density at radius 3 is 2.78 bits per heavy atom. The monoisotopic (exact) mass is 477 g/mol. The summed E-state index contributed by atoms with van der Waals surface area (Å²) in [5.74, 6) is 0.124. The molecule has 0 bridgehead atoms. The van der Waals surface area contributed by atoms with Gasteiger partial charge in [0.15, 0.2) is 5.75 Å². The molecule has 0 aliphatic heterocycles. The minimum Gasteiger partial charge on any atom is -0.422 e. The van der Waals surface area contributed by atoms with Crippen LogP contribution in [-0.4, -0.2) is 43.3 Å². The molecule has 0 fully saturated rings. The standard InChI is InChI=1S/C22H24ClN3O5S/c1-13-16-11-18(23)20(31-22(29)26(2)3)12-19(16)30-21(28)17(13)10-14-5-4-6-15(9-14)25-32-24-7-8-27/h4-6,9,11-12,24-25,27H,7-8,10H2,1-3H3.